The summed E-state index contributed by atoms with van der Waals surface area (Å²) in [5.41, 5.74) is 0.974. The second kappa shape index (κ2) is 7.68. The van der Waals surface area contributed by atoms with E-state index in [1.165, 1.54) is 12.1 Å². The number of aryl methyl sites for hydroxylation is 1. The number of hydrogen-bond acceptors (Lipinski definition) is 4. The van der Waals surface area contributed by atoms with Gasteiger partial charge in [-0.3, -0.25) is 0 Å². The number of nitrogens with zero attached hydrogens (tertiary/aromatic N) is 3. The molecule has 2 aromatic rings. The zero-order chi connectivity index (χ0) is 16.9. The first-order valence-corrected chi connectivity index (χ1v) is 8.28. The van der Waals surface area contributed by atoms with Crippen molar-refractivity contribution in [3.8, 4) is 0 Å². The molecule has 128 valence electrons. The normalized spacial score (nSPS) is 24.0. The minimum absolute atomic E-state index is 0.224. The second-order valence-electron chi connectivity index (χ2n) is 6.41. The Balaban J connectivity index is 1.43. The van der Waals surface area contributed by atoms with E-state index in [4.69, 9.17) is 0 Å². The van der Waals surface area contributed by atoms with Crippen LogP contribution in [0.5, 0.6) is 0 Å². The second-order valence-corrected chi connectivity index (χ2v) is 6.41. The number of aliphatic hydroxyl groups is 1. The topological polar surface area (TPSA) is 63.0 Å². The van der Waals surface area contributed by atoms with Gasteiger partial charge in [-0.1, -0.05) is 24.3 Å². The third-order valence-electron chi connectivity index (χ3n) is 4.62. The van der Waals surface area contributed by atoms with E-state index in [2.05, 4.69) is 15.5 Å². The van der Waals surface area contributed by atoms with Crippen LogP contribution < -0.4 is 5.32 Å². The monoisotopic (exact) mass is 330 g/mol. The lowest BCUT2D eigenvalue weighted by molar-refractivity contribution is 0.131. The van der Waals surface area contributed by atoms with E-state index in [1.54, 1.807) is 18.5 Å². The first kappa shape index (κ1) is 16.8. The first-order valence-electron chi connectivity index (χ1n) is 8.28. The molecule has 0 bridgehead atoms. The molecule has 1 saturated carbocycles. The Morgan fingerprint density at radius 3 is 2.83 bits per heavy atom. The van der Waals surface area contributed by atoms with Crippen molar-refractivity contribution in [2.24, 2.45) is 13.0 Å². The van der Waals surface area contributed by atoms with Crippen molar-refractivity contribution in [3.63, 3.8) is 0 Å². The standard InChI is InChI=1S/C18H23FN4O/c1-23-12-21-22-18(23)14-9-15(17(24)10-14)11-20-8-2-3-13-4-6-16(19)7-5-13/h2-7,12,14-15,17,20,24H,8-11H2,1H3/b3-2+/t14-,15+,17+/m0/s1. The first-order chi connectivity index (χ1) is 11.6. The van der Waals surface area contributed by atoms with Crippen LogP contribution in [-0.4, -0.2) is 39.1 Å². The summed E-state index contributed by atoms with van der Waals surface area (Å²) in [5, 5.41) is 21.7. The average molecular weight is 330 g/mol. The minimum Gasteiger partial charge on any atom is -0.393 e. The summed E-state index contributed by atoms with van der Waals surface area (Å²) >= 11 is 0. The molecule has 24 heavy (non-hydrogen) atoms. The summed E-state index contributed by atoms with van der Waals surface area (Å²) in [6, 6.07) is 6.40. The lowest BCUT2D eigenvalue weighted by Gasteiger charge is -2.14. The Labute approximate surface area is 141 Å². The molecule has 3 atom stereocenters. The van der Waals surface area contributed by atoms with Gasteiger partial charge in [-0.05, 0) is 36.5 Å². The summed E-state index contributed by atoms with van der Waals surface area (Å²) in [4.78, 5) is 0. The molecule has 0 aliphatic heterocycles. The highest BCUT2D eigenvalue weighted by atomic mass is 19.1. The van der Waals surface area contributed by atoms with Gasteiger partial charge in [0.2, 0.25) is 0 Å². The van der Waals surface area contributed by atoms with Gasteiger partial charge < -0.3 is 15.0 Å². The summed E-state index contributed by atoms with van der Waals surface area (Å²) in [7, 11) is 1.94. The molecule has 2 N–H and O–H groups in total. The van der Waals surface area contributed by atoms with Gasteiger partial charge in [-0.2, -0.15) is 0 Å². The Bertz CT molecular complexity index is 683. The van der Waals surface area contributed by atoms with E-state index in [9.17, 15) is 9.50 Å². The van der Waals surface area contributed by atoms with Crippen molar-refractivity contribution in [3.05, 3.63) is 53.9 Å². The number of rotatable bonds is 6. The van der Waals surface area contributed by atoms with E-state index in [0.29, 0.717) is 0 Å². The average Bonchev–Trinajstić information content (AvgIpc) is 3.15. The predicted molar refractivity (Wildman–Crippen MR) is 90.8 cm³/mol. The highest BCUT2D eigenvalue weighted by molar-refractivity contribution is 5.48. The number of benzene rings is 1. The third kappa shape index (κ3) is 4.07. The van der Waals surface area contributed by atoms with Crippen molar-refractivity contribution in [1.82, 2.24) is 20.1 Å². The van der Waals surface area contributed by atoms with Gasteiger partial charge in [0, 0.05) is 26.1 Å². The van der Waals surface area contributed by atoms with Crippen molar-refractivity contribution in [2.45, 2.75) is 24.9 Å². The van der Waals surface area contributed by atoms with Crippen LogP contribution in [0.25, 0.3) is 6.08 Å². The molecule has 1 aromatic heterocycles. The number of hydrogen-bond donors (Lipinski definition) is 2. The van der Waals surface area contributed by atoms with Gasteiger partial charge in [-0.15, -0.1) is 10.2 Å². The molecular formula is C18H23FN4O. The number of nitrogens with one attached hydrogen (secondary N) is 1. The van der Waals surface area contributed by atoms with Crippen LogP contribution in [0, 0.1) is 11.7 Å². The van der Waals surface area contributed by atoms with Crippen molar-refractivity contribution in [1.29, 1.82) is 0 Å². The van der Waals surface area contributed by atoms with Gasteiger partial charge in [0.05, 0.1) is 6.10 Å². The maximum Gasteiger partial charge on any atom is 0.135 e. The van der Waals surface area contributed by atoms with E-state index < -0.39 is 0 Å². The van der Waals surface area contributed by atoms with Crippen LogP contribution in [0.15, 0.2) is 36.7 Å². The Hall–Kier alpha value is -2.05. The maximum absolute atomic E-state index is 12.8. The molecule has 1 fully saturated rings. The number of aliphatic hydroxyl groups excluding tert-OH is 1. The van der Waals surface area contributed by atoms with Gasteiger partial charge in [0.25, 0.3) is 0 Å². The molecule has 0 amide bonds. The van der Waals surface area contributed by atoms with Crippen LogP contribution in [0.1, 0.15) is 30.1 Å². The molecule has 1 aliphatic carbocycles. The smallest absolute Gasteiger partial charge is 0.135 e. The van der Waals surface area contributed by atoms with Crippen LogP contribution in [0.2, 0.25) is 0 Å². The van der Waals surface area contributed by atoms with E-state index in [0.717, 1.165) is 37.3 Å². The lowest BCUT2D eigenvalue weighted by atomic mass is 10.0. The third-order valence-corrected chi connectivity index (χ3v) is 4.62. The number of aromatic nitrogens is 3. The molecule has 3 rings (SSSR count). The van der Waals surface area contributed by atoms with Crippen LogP contribution in [0.4, 0.5) is 4.39 Å². The molecule has 1 heterocycles. The van der Waals surface area contributed by atoms with Gasteiger partial charge in [-0.25, -0.2) is 4.39 Å². The summed E-state index contributed by atoms with van der Waals surface area (Å²) in [6.45, 7) is 1.48. The Kier molecular flexibility index (Phi) is 5.37. The van der Waals surface area contributed by atoms with Crippen LogP contribution >= 0.6 is 0 Å². The molecule has 0 saturated heterocycles. The molecule has 5 nitrogen and oxygen atoms in total. The molecule has 6 heteroatoms. The lowest BCUT2D eigenvalue weighted by Crippen LogP contribution is -2.27. The predicted octanol–water partition coefficient (Wildman–Crippen LogP) is 2.11. The SMILES string of the molecule is Cn1cnnc1[C@H]1C[C@H](CNC/C=C/c2ccc(F)cc2)[C@H](O)C1. The van der Waals surface area contributed by atoms with E-state index in [1.807, 2.05) is 23.8 Å². The largest absolute Gasteiger partial charge is 0.393 e. The van der Waals surface area contributed by atoms with Gasteiger partial charge >= 0.3 is 0 Å². The highest BCUT2D eigenvalue weighted by Gasteiger charge is 2.35. The van der Waals surface area contributed by atoms with Crippen molar-refractivity contribution >= 4 is 6.08 Å². The minimum atomic E-state index is -0.305. The molecule has 1 aromatic carbocycles. The van der Waals surface area contributed by atoms with Gasteiger partial charge in [0.15, 0.2) is 0 Å². The van der Waals surface area contributed by atoms with Crippen molar-refractivity contribution in [2.75, 3.05) is 13.1 Å². The molecular weight excluding hydrogens is 307 g/mol. The van der Waals surface area contributed by atoms with Crippen LogP contribution in [0.3, 0.4) is 0 Å². The molecule has 0 radical (unpaired) electrons. The Morgan fingerprint density at radius 1 is 1.33 bits per heavy atom. The molecule has 0 spiro atoms. The summed E-state index contributed by atoms with van der Waals surface area (Å²) < 4.78 is 14.8. The van der Waals surface area contributed by atoms with E-state index >= 15 is 0 Å². The Morgan fingerprint density at radius 2 is 2.12 bits per heavy atom. The fraction of sp³-hybridized carbons (Fsp3) is 0.444. The van der Waals surface area contributed by atoms with Crippen LogP contribution in [-0.2, 0) is 7.05 Å². The fourth-order valence-corrected chi connectivity index (χ4v) is 3.32. The molecule has 0 unspecified atom stereocenters. The molecule has 1 aliphatic rings. The summed E-state index contributed by atoms with van der Waals surface area (Å²) in [5.74, 6) is 1.23. The highest BCUT2D eigenvalue weighted by Crippen LogP contribution is 2.37. The van der Waals surface area contributed by atoms with E-state index in [-0.39, 0.29) is 23.8 Å². The maximum atomic E-state index is 12.8. The quantitative estimate of drug-likeness (QED) is 0.797. The zero-order valence-electron chi connectivity index (χ0n) is 13.8. The fourth-order valence-electron chi connectivity index (χ4n) is 3.32. The number of halogens is 1. The summed E-state index contributed by atoms with van der Waals surface area (Å²) in [6.07, 6.45) is 7.02. The van der Waals surface area contributed by atoms with Gasteiger partial charge in [0.1, 0.15) is 18.0 Å². The zero-order valence-corrected chi connectivity index (χ0v) is 13.8. The van der Waals surface area contributed by atoms with Crippen molar-refractivity contribution < 1.29 is 9.50 Å².